The fourth-order valence-electron chi connectivity index (χ4n) is 5.57. The number of piperidine rings is 2. The van der Waals surface area contributed by atoms with E-state index in [2.05, 4.69) is 36.0 Å². The first-order chi connectivity index (χ1) is 15.4. The molecule has 7 nitrogen and oxygen atoms in total. The summed E-state index contributed by atoms with van der Waals surface area (Å²) in [5.41, 5.74) is 1.03. The third-order valence-electron chi connectivity index (χ3n) is 7.14. The molecule has 1 N–H and O–H groups in total. The molecule has 1 aromatic heterocycles. The summed E-state index contributed by atoms with van der Waals surface area (Å²) in [6.45, 7) is 6.41. The van der Waals surface area contributed by atoms with E-state index < -0.39 is 5.60 Å². The zero-order valence-corrected chi connectivity index (χ0v) is 19.0. The Morgan fingerprint density at radius 2 is 1.81 bits per heavy atom. The van der Waals surface area contributed by atoms with Crippen molar-refractivity contribution in [1.29, 1.82) is 0 Å². The Bertz CT molecular complexity index is 1020. The summed E-state index contributed by atoms with van der Waals surface area (Å²) >= 11 is 0. The van der Waals surface area contributed by atoms with E-state index in [-0.39, 0.29) is 18.0 Å². The number of ether oxygens (including phenoxy) is 2. The Kier molecular flexibility index (Phi) is 5.72. The molecule has 0 radical (unpaired) electrons. The molecule has 172 valence electrons. The van der Waals surface area contributed by atoms with Gasteiger partial charge in [-0.1, -0.05) is 26.3 Å². The van der Waals surface area contributed by atoms with Crippen LogP contribution < -0.4 is 15.0 Å². The molecule has 0 aliphatic carbocycles. The molecule has 2 fully saturated rings. The molecule has 0 unspecified atom stereocenters. The summed E-state index contributed by atoms with van der Waals surface area (Å²) < 4.78 is 12.9. The fraction of sp³-hybridized carbons (Fsp3) is 0.600. The summed E-state index contributed by atoms with van der Waals surface area (Å²) in [7, 11) is 0. The van der Waals surface area contributed by atoms with Gasteiger partial charge in [0.05, 0.1) is 17.8 Å². The van der Waals surface area contributed by atoms with Crippen molar-refractivity contribution in [2.75, 3.05) is 13.2 Å². The second kappa shape index (κ2) is 8.52. The predicted molar refractivity (Wildman–Crippen MR) is 121 cm³/mol. The minimum absolute atomic E-state index is 0.147. The lowest BCUT2D eigenvalue weighted by Gasteiger charge is -2.52. The van der Waals surface area contributed by atoms with Crippen LogP contribution >= 0.6 is 0 Å². The van der Waals surface area contributed by atoms with Crippen molar-refractivity contribution < 1.29 is 14.6 Å². The van der Waals surface area contributed by atoms with Gasteiger partial charge in [0.1, 0.15) is 13.2 Å². The van der Waals surface area contributed by atoms with Crippen LogP contribution in [-0.2, 0) is 13.1 Å². The lowest BCUT2D eigenvalue weighted by Crippen LogP contribution is -2.59. The first kappa shape index (κ1) is 21.5. The van der Waals surface area contributed by atoms with Crippen molar-refractivity contribution in [1.82, 2.24) is 14.7 Å². The fourth-order valence-corrected chi connectivity index (χ4v) is 5.57. The number of rotatable bonds is 5. The van der Waals surface area contributed by atoms with Crippen LogP contribution in [0.2, 0.25) is 0 Å². The Balaban J connectivity index is 1.33. The largest absolute Gasteiger partial charge is 0.486 e. The van der Waals surface area contributed by atoms with Crippen molar-refractivity contribution in [3.63, 3.8) is 0 Å². The summed E-state index contributed by atoms with van der Waals surface area (Å²) in [6.07, 6.45) is 4.64. The molecule has 1 aromatic carbocycles. The summed E-state index contributed by atoms with van der Waals surface area (Å²) in [5.74, 6) is 1.88. The normalized spacial score (nSPS) is 27.5. The topological polar surface area (TPSA) is 76.8 Å². The van der Waals surface area contributed by atoms with Gasteiger partial charge in [-0.05, 0) is 55.4 Å². The number of aromatic nitrogens is 2. The van der Waals surface area contributed by atoms with Crippen LogP contribution in [0.4, 0.5) is 0 Å². The van der Waals surface area contributed by atoms with Gasteiger partial charge in [-0.15, -0.1) is 0 Å². The molecule has 3 aliphatic heterocycles. The quantitative estimate of drug-likeness (QED) is 0.772. The monoisotopic (exact) mass is 439 g/mol. The Hall–Kier alpha value is -2.38. The maximum atomic E-state index is 12.4. The van der Waals surface area contributed by atoms with Crippen molar-refractivity contribution in [2.45, 2.75) is 82.6 Å². The molecule has 5 rings (SSSR count). The molecule has 3 aliphatic rings. The molecule has 2 atom stereocenters. The number of hydrogen-bond acceptors (Lipinski definition) is 6. The third-order valence-corrected chi connectivity index (χ3v) is 7.14. The van der Waals surface area contributed by atoms with Gasteiger partial charge >= 0.3 is 0 Å². The summed E-state index contributed by atoms with van der Waals surface area (Å²) in [4.78, 5) is 15.0. The number of aliphatic hydroxyl groups is 1. The first-order valence-electron chi connectivity index (χ1n) is 11.8. The highest BCUT2D eigenvalue weighted by Crippen LogP contribution is 2.41. The number of nitrogens with zero attached hydrogens (tertiary/aromatic N) is 3. The van der Waals surface area contributed by atoms with Crippen LogP contribution in [0.5, 0.6) is 11.5 Å². The van der Waals surface area contributed by atoms with E-state index in [0.29, 0.717) is 38.1 Å². The highest BCUT2D eigenvalue weighted by molar-refractivity contribution is 5.43. The van der Waals surface area contributed by atoms with E-state index >= 15 is 0 Å². The molecule has 2 aromatic rings. The van der Waals surface area contributed by atoms with E-state index in [1.165, 1.54) is 16.7 Å². The van der Waals surface area contributed by atoms with Crippen molar-refractivity contribution in [3.05, 3.63) is 51.9 Å². The Morgan fingerprint density at radius 1 is 1.09 bits per heavy atom. The third kappa shape index (κ3) is 4.28. The van der Waals surface area contributed by atoms with Crippen molar-refractivity contribution >= 4 is 0 Å². The predicted octanol–water partition coefficient (Wildman–Crippen LogP) is 3.09. The van der Waals surface area contributed by atoms with Gasteiger partial charge in [-0.3, -0.25) is 9.69 Å². The highest BCUT2D eigenvalue weighted by Gasteiger charge is 2.45. The number of benzene rings is 1. The zero-order chi connectivity index (χ0) is 22.3. The van der Waals surface area contributed by atoms with E-state index in [9.17, 15) is 9.90 Å². The SMILES string of the molecule is CC(C)c1ccc(=O)n(CC2(O)C[C@H]3CCC[C@H](C2)N3Cc2ccc3c(c2)OCCO3)n1. The molecular formula is C25H33N3O4. The van der Waals surface area contributed by atoms with Crippen LogP contribution in [0.25, 0.3) is 0 Å². The second-order valence-corrected chi connectivity index (χ2v) is 9.93. The maximum absolute atomic E-state index is 12.4. The highest BCUT2D eigenvalue weighted by atomic mass is 16.6. The van der Waals surface area contributed by atoms with Gasteiger partial charge in [0.2, 0.25) is 0 Å². The second-order valence-electron chi connectivity index (χ2n) is 9.93. The van der Waals surface area contributed by atoms with Crippen molar-refractivity contribution in [3.8, 4) is 11.5 Å². The average Bonchev–Trinajstić information content (AvgIpc) is 2.76. The Labute approximate surface area is 189 Å². The van der Waals surface area contributed by atoms with Crippen LogP contribution in [0, 0.1) is 0 Å². The van der Waals surface area contributed by atoms with Gasteiger partial charge in [0.15, 0.2) is 11.5 Å². The standard InChI is InChI=1S/C25H33N3O4/c1-17(2)21-7-9-24(29)28(26-21)16-25(30)13-19-4-3-5-20(14-25)27(19)15-18-6-8-22-23(12-18)32-11-10-31-22/h6-9,12,17,19-20,30H,3-5,10-11,13-16H2,1-2H3/t19-,20-/m1/s1. The first-order valence-corrected chi connectivity index (χ1v) is 11.8. The Morgan fingerprint density at radius 3 is 2.53 bits per heavy atom. The molecule has 32 heavy (non-hydrogen) atoms. The average molecular weight is 440 g/mol. The molecular weight excluding hydrogens is 406 g/mol. The van der Waals surface area contributed by atoms with Crippen LogP contribution in [-0.4, -0.2) is 50.7 Å². The van der Waals surface area contributed by atoms with Gasteiger partial charge in [-0.2, -0.15) is 5.10 Å². The minimum Gasteiger partial charge on any atom is -0.486 e. The summed E-state index contributed by atoms with van der Waals surface area (Å²) in [6, 6.07) is 10.2. The van der Waals surface area contributed by atoms with Gasteiger partial charge < -0.3 is 14.6 Å². The number of fused-ring (bicyclic) bond motifs is 3. The number of hydrogen-bond donors (Lipinski definition) is 1. The molecule has 4 heterocycles. The van der Waals surface area contributed by atoms with Crippen LogP contribution in [0.3, 0.4) is 0 Å². The molecule has 2 bridgehead atoms. The van der Waals surface area contributed by atoms with Gasteiger partial charge in [-0.25, -0.2) is 4.68 Å². The molecule has 2 saturated heterocycles. The molecule has 0 spiro atoms. The molecule has 0 amide bonds. The van der Waals surface area contributed by atoms with E-state index in [4.69, 9.17) is 9.47 Å². The van der Waals surface area contributed by atoms with E-state index in [1.807, 2.05) is 6.07 Å². The van der Waals surface area contributed by atoms with E-state index in [0.717, 1.165) is 36.6 Å². The summed E-state index contributed by atoms with van der Waals surface area (Å²) in [5, 5.41) is 16.1. The van der Waals surface area contributed by atoms with Crippen LogP contribution in [0.15, 0.2) is 35.1 Å². The van der Waals surface area contributed by atoms with Crippen molar-refractivity contribution in [2.24, 2.45) is 0 Å². The molecule has 0 saturated carbocycles. The van der Waals surface area contributed by atoms with Gasteiger partial charge in [0.25, 0.3) is 5.56 Å². The van der Waals surface area contributed by atoms with Crippen LogP contribution in [0.1, 0.15) is 63.1 Å². The lowest BCUT2D eigenvalue weighted by atomic mass is 9.75. The molecule has 7 heteroatoms. The lowest BCUT2D eigenvalue weighted by molar-refractivity contribution is -0.105. The van der Waals surface area contributed by atoms with E-state index in [1.54, 1.807) is 12.1 Å². The maximum Gasteiger partial charge on any atom is 0.266 e. The smallest absolute Gasteiger partial charge is 0.266 e. The van der Waals surface area contributed by atoms with Gasteiger partial charge in [0, 0.05) is 24.7 Å². The minimum atomic E-state index is -0.911. The zero-order valence-electron chi connectivity index (χ0n) is 19.0.